The van der Waals surface area contributed by atoms with E-state index in [0.29, 0.717) is 17.9 Å². The molecule has 7 nitrogen and oxygen atoms in total. The highest BCUT2D eigenvalue weighted by atomic mass is 16.5. The average molecular weight is 382 g/mol. The second-order valence-corrected chi connectivity index (χ2v) is 8.12. The van der Waals surface area contributed by atoms with Crippen molar-refractivity contribution in [1.29, 1.82) is 0 Å². The van der Waals surface area contributed by atoms with Crippen LogP contribution in [0, 0.1) is 5.41 Å². The number of hydrogen-bond donors (Lipinski definition) is 3. The monoisotopic (exact) mass is 382 g/mol. The van der Waals surface area contributed by atoms with Gasteiger partial charge in [-0.15, -0.1) is 0 Å². The fraction of sp³-hybridized carbons (Fsp3) is 0.333. The summed E-state index contributed by atoms with van der Waals surface area (Å²) in [5.41, 5.74) is 7.14. The molecule has 2 heterocycles. The van der Waals surface area contributed by atoms with Gasteiger partial charge in [-0.3, -0.25) is 9.59 Å². The molecule has 1 amide bonds. The van der Waals surface area contributed by atoms with Crippen molar-refractivity contribution in [3.8, 4) is 17.0 Å². The molecule has 0 radical (unpaired) electrons. The molecule has 0 unspecified atom stereocenters. The highest BCUT2D eigenvalue weighted by molar-refractivity contribution is 5.94. The van der Waals surface area contributed by atoms with Gasteiger partial charge in [0, 0.05) is 29.1 Å². The minimum Gasteiger partial charge on any atom is -0.493 e. The van der Waals surface area contributed by atoms with Crippen molar-refractivity contribution in [3.05, 3.63) is 52.4 Å². The second kappa shape index (κ2) is 7.52. The summed E-state index contributed by atoms with van der Waals surface area (Å²) >= 11 is 0. The number of carbonyl (C=O) groups excluding carboxylic acids is 1. The van der Waals surface area contributed by atoms with Crippen molar-refractivity contribution in [2.24, 2.45) is 11.1 Å². The number of nitrogens with one attached hydrogen (secondary N) is 2. The molecule has 28 heavy (non-hydrogen) atoms. The number of nitrogens with zero attached hydrogens (tertiary/aromatic N) is 1. The van der Waals surface area contributed by atoms with E-state index in [-0.39, 0.29) is 16.5 Å². The predicted molar refractivity (Wildman–Crippen MR) is 111 cm³/mol. The molecule has 2 aromatic heterocycles. The van der Waals surface area contributed by atoms with Gasteiger partial charge in [0.15, 0.2) is 0 Å². The van der Waals surface area contributed by atoms with E-state index in [9.17, 15) is 9.59 Å². The Morgan fingerprint density at radius 1 is 1.21 bits per heavy atom. The van der Waals surface area contributed by atoms with Crippen LogP contribution in [0.2, 0.25) is 0 Å². The maximum absolute atomic E-state index is 12.2. The minimum atomic E-state index is -0.593. The van der Waals surface area contributed by atoms with Crippen molar-refractivity contribution >= 4 is 16.8 Å². The van der Waals surface area contributed by atoms with Gasteiger partial charge in [0.1, 0.15) is 5.75 Å². The van der Waals surface area contributed by atoms with E-state index >= 15 is 0 Å². The Bertz CT molecular complexity index is 1060. The van der Waals surface area contributed by atoms with Gasteiger partial charge >= 0.3 is 0 Å². The number of primary amides is 1. The van der Waals surface area contributed by atoms with Gasteiger partial charge in [0.05, 0.1) is 23.4 Å². The standard InChI is InChI=1S/C21H26N4O3/c1-21(2,11-25(3)4)12-28-15-5-6-17-13(7-15)9-18(24-17)16-8-14(19(22)26)10-23-20(16)27/h5-10,24H,11-12H2,1-4H3,(H2,22,26)(H,23,27). The summed E-state index contributed by atoms with van der Waals surface area (Å²) in [5.74, 6) is 0.175. The molecule has 0 aliphatic rings. The SMILES string of the molecule is CN(C)CC(C)(C)COc1ccc2[nH]c(-c3cc(C(N)=O)c[nH]c3=O)cc2c1. The number of carbonyl (C=O) groups is 1. The van der Waals surface area contributed by atoms with E-state index in [1.54, 1.807) is 0 Å². The van der Waals surface area contributed by atoms with Crippen molar-refractivity contribution < 1.29 is 9.53 Å². The zero-order valence-electron chi connectivity index (χ0n) is 16.6. The normalized spacial score (nSPS) is 11.9. The van der Waals surface area contributed by atoms with Gasteiger partial charge in [-0.05, 0) is 44.4 Å². The molecule has 0 atom stereocenters. The number of amides is 1. The summed E-state index contributed by atoms with van der Waals surface area (Å²) in [6, 6.07) is 9.11. The molecule has 0 aliphatic carbocycles. The first-order chi connectivity index (χ1) is 13.1. The van der Waals surface area contributed by atoms with Crippen LogP contribution in [0.5, 0.6) is 5.75 Å². The average Bonchev–Trinajstić information content (AvgIpc) is 3.02. The molecular formula is C21H26N4O3. The molecule has 1 aromatic carbocycles. The molecule has 148 valence electrons. The van der Waals surface area contributed by atoms with Crippen LogP contribution in [-0.4, -0.2) is 48.0 Å². The first kappa shape index (κ1) is 19.7. The van der Waals surface area contributed by atoms with Gasteiger partial charge in [-0.1, -0.05) is 13.8 Å². The highest BCUT2D eigenvalue weighted by Crippen LogP contribution is 2.27. The molecular weight excluding hydrogens is 356 g/mol. The Morgan fingerprint density at radius 2 is 1.96 bits per heavy atom. The minimum absolute atomic E-state index is 0.0181. The number of nitrogens with two attached hydrogens (primary N) is 1. The number of benzene rings is 1. The van der Waals surface area contributed by atoms with Crippen LogP contribution in [0.4, 0.5) is 0 Å². The van der Waals surface area contributed by atoms with Gasteiger partial charge in [0.25, 0.3) is 5.56 Å². The number of aromatic nitrogens is 2. The summed E-state index contributed by atoms with van der Waals surface area (Å²) in [6.45, 7) is 5.84. The van der Waals surface area contributed by atoms with Crippen LogP contribution >= 0.6 is 0 Å². The smallest absolute Gasteiger partial charge is 0.257 e. The first-order valence-corrected chi connectivity index (χ1v) is 9.08. The lowest BCUT2D eigenvalue weighted by molar-refractivity contribution is 0.1000. The maximum atomic E-state index is 12.2. The van der Waals surface area contributed by atoms with Crippen molar-refractivity contribution in [3.63, 3.8) is 0 Å². The number of rotatable bonds is 7. The fourth-order valence-electron chi connectivity index (χ4n) is 3.35. The topological polar surface area (TPSA) is 104 Å². The van der Waals surface area contributed by atoms with Crippen molar-refractivity contribution in [2.75, 3.05) is 27.2 Å². The van der Waals surface area contributed by atoms with Gasteiger partial charge in [-0.2, -0.15) is 0 Å². The fourth-order valence-corrected chi connectivity index (χ4v) is 3.35. The van der Waals surface area contributed by atoms with E-state index < -0.39 is 5.91 Å². The van der Waals surface area contributed by atoms with Gasteiger partial charge < -0.3 is 25.3 Å². The lowest BCUT2D eigenvalue weighted by Crippen LogP contribution is -2.33. The summed E-state index contributed by atoms with van der Waals surface area (Å²) in [5, 5.41) is 0.918. The molecule has 0 aliphatic heterocycles. The number of aromatic amines is 2. The molecule has 3 rings (SSSR count). The summed E-state index contributed by atoms with van der Waals surface area (Å²) in [4.78, 5) is 31.5. The Labute approximate surface area is 163 Å². The number of fused-ring (bicyclic) bond motifs is 1. The Kier molecular flexibility index (Phi) is 5.29. The Balaban J connectivity index is 1.87. The van der Waals surface area contributed by atoms with Gasteiger partial charge in [0.2, 0.25) is 5.91 Å². The number of ether oxygens (including phenoxy) is 1. The van der Waals surface area contributed by atoms with Crippen LogP contribution in [0.1, 0.15) is 24.2 Å². The zero-order chi connectivity index (χ0) is 20.5. The van der Waals surface area contributed by atoms with Crippen LogP contribution in [0.15, 0.2) is 41.3 Å². The van der Waals surface area contributed by atoms with E-state index in [0.717, 1.165) is 23.2 Å². The molecule has 0 fully saturated rings. The third-order valence-electron chi connectivity index (χ3n) is 4.44. The molecule has 4 N–H and O–H groups in total. The van der Waals surface area contributed by atoms with E-state index in [1.165, 1.54) is 12.3 Å². The van der Waals surface area contributed by atoms with Crippen LogP contribution < -0.4 is 16.0 Å². The largest absolute Gasteiger partial charge is 0.493 e. The quantitative estimate of drug-likeness (QED) is 0.584. The predicted octanol–water partition coefficient (Wildman–Crippen LogP) is 2.59. The van der Waals surface area contributed by atoms with E-state index in [4.69, 9.17) is 10.5 Å². The van der Waals surface area contributed by atoms with Crippen molar-refractivity contribution in [1.82, 2.24) is 14.9 Å². The van der Waals surface area contributed by atoms with Crippen LogP contribution in [0.3, 0.4) is 0 Å². The first-order valence-electron chi connectivity index (χ1n) is 9.08. The third kappa shape index (κ3) is 4.43. The second-order valence-electron chi connectivity index (χ2n) is 8.12. The lowest BCUT2D eigenvalue weighted by Gasteiger charge is -2.28. The number of H-pyrrole nitrogens is 2. The van der Waals surface area contributed by atoms with Crippen LogP contribution in [0.25, 0.3) is 22.2 Å². The molecule has 0 spiro atoms. The van der Waals surface area contributed by atoms with Crippen molar-refractivity contribution in [2.45, 2.75) is 13.8 Å². The molecule has 0 saturated heterocycles. The highest BCUT2D eigenvalue weighted by Gasteiger charge is 2.20. The Hall–Kier alpha value is -3.06. The summed E-state index contributed by atoms with van der Waals surface area (Å²) in [7, 11) is 4.09. The molecule has 0 saturated carbocycles. The number of pyridine rings is 1. The van der Waals surface area contributed by atoms with Crippen LogP contribution in [-0.2, 0) is 0 Å². The molecule has 3 aromatic rings. The molecule has 7 heteroatoms. The summed E-state index contributed by atoms with van der Waals surface area (Å²) in [6.07, 6.45) is 1.32. The van der Waals surface area contributed by atoms with E-state index in [1.807, 2.05) is 38.4 Å². The zero-order valence-corrected chi connectivity index (χ0v) is 16.6. The summed E-state index contributed by atoms with van der Waals surface area (Å²) < 4.78 is 6.00. The maximum Gasteiger partial charge on any atom is 0.257 e. The van der Waals surface area contributed by atoms with Gasteiger partial charge in [-0.25, -0.2) is 0 Å². The number of hydrogen-bond acceptors (Lipinski definition) is 4. The third-order valence-corrected chi connectivity index (χ3v) is 4.44. The van der Waals surface area contributed by atoms with E-state index in [2.05, 4.69) is 28.7 Å². The molecule has 0 bridgehead atoms. The Morgan fingerprint density at radius 3 is 2.64 bits per heavy atom. The lowest BCUT2D eigenvalue weighted by atomic mass is 9.94.